The monoisotopic (exact) mass is 400 g/mol. The molecule has 6 atom stereocenters. The maximum atomic E-state index is 11.8. The normalized spacial score (nSPS) is 29.0. The number of hydrogen-bond acceptors (Lipinski definition) is 10. The first-order chi connectivity index (χ1) is 13.2. The number of ether oxygens (including phenoxy) is 3. The van der Waals surface area contributed by atoms with Crippen molar-refractivity contribution < 1.29 is 49.6 Å². The van der Waals surface area contributed by atoms with Gasteiger partial charge in [-0.15, -0.1) is 0 Å². The predicted octanol–water partition coefficient (Wildman–Crippen LogP) is -1.14. The number of phenols is 2. The molecule has 0 radical (unpaired) electrons. The second kappa shape index (κ2) is 9.82. The first kappa shape index (κ1) is 22.1. The van der Waals surface area contributed by atoms with Crippen LogP contribution < -0.4 is 0 Å². The molecule has 1 aliphatic heterocycles. The van der Waals surface area contributed by atoms with Gasteiger partial charge in [-0.3, -0.25) is 0 Å². The number of carbonyl (C=O) groups excluding carboxylic acids is 1. The Labute approximate surface area is 160 Å². The van der Waals surface area contributed by atoms with E-state index in [-0.39, 0.29) is 18.1 Å². The molecule has 0 saturated carbocycles. The lowest BCUT2D eigenvalue weighted by Crippen LogP contribution is -2.60. The molecule has 1 heterocycles. The lowest BCUT2D eigenvalue weighted by atomic mass is 9.99. The van der Waals surface area contributed by atoms with Crippen molar-refractivity contribution in [3.8, 4) is 11.5 Å². The summed E-state index contributed by atoms with van der Waals surface area (Å²) in [6, 6.07) is 3.97. The number of aromatic hydroxyl groups is 2. The van der Waals surface area contributed by atoms with Crippen molar-refractivity contribution in [2.45, 2.75) is 43.7 Å². The van der Waals surface area contributed by atoms with Gasteiger partial charge >= 0.3 is 5.97 Å². The van der Waals surface area contributed by atoms with Crippen LogP contribution in [0.5, 0.6) is 11.5 Å². The fraction of sp³-hybridized carbons (Fsp3) is 0.500. The summed E-state index contributed by atoms with van der Waals surface area (Å²) in [7, 11) is 0. The molecular formula is C18H24O10. The van der Waals surface area contributed by atoms with Gasteiger partial charge in [0, 0.05) is 6.08 Å². The van der Waals surface area contributed by atoms with E-state index in [1.54, 1.807) is 0 Å². The Morgan fingerprint density at radius 2 is 1.89 bits per heavy atom. The van der Waals surface area contributed by atoms with Gasteiger partial charge in [0.05, 0.1) is 12.7 Å². The van der Waals surface area contributed by atoms with Gasteiger partial charge in [0.15, 0.2) is 17.8 Å². The minimum atomic E-state index is -1.59. The first-order valence-corrected chi connectivity index (χ1v) is 8.55. The minimum Gasteiger partial charge on any atom is -0.504 e. The zero-order valence-electron chi connectivity index (χ0n) is 15.1. The lowest BCUT2D eigenvalue weighted by molar-refractivity contribution is -0.311. The summed E-state index contributed by atoms with van der Waals surface area (Å²) in [5.41, 5.74) is 0.436. The predicted molar refractivity (Wildman–Crippen MR) is 94.1 cm³/mol. The number of aliphatic hydroxyl groups excluding tert-OH is 4. The Morgan fingerprint density at radius 3 is 2.54 bits per heavy atom. The van der Waals surface area contributed by atoms with Crippen LogP contribution in [0.25, 0.3) is 6.08 Å². The zero-order valence-corrected chi connectivity index (χ0v) is 15.1. The molecule has 6 N–H and O–H groups in total. The summed E-state index contributed by atoms with van der Waals surface area (Å²) in [6.45, 7) is 0.749. The molecule has 1 aromatic rings. The number of aliphatic hydroxyl groups is 4. The summed E-state index contributed by atoms with van der Waals surface area (Å²) in [5.74, 6) is -1.42. The smallest absolute Gasteiger partial charge is 0.330 e. The molecule has 2 rings (SSSR count). The molecule has 0 aromatic heterocycles. The van der Waals surface area contributed by atoms with Gasteiger partial charge in [-0.2, -0.15) is 0 Å². The van der Waals surface area contributed by atoms with Gasteiger partial charge in [-0.1, -0.05) is 6.07 Å². The molecule has 10 nitrogen and oxygen atoms in total. The number of carbonyl (C=O) groups is 1. The van der Waals surface area contributed by atoms with Gasteiger partial charge in [-0.05, 0) is 30.7 Å². The van der Waals surface area contributed by atoms with E-state index in [9.17, 15) is 30.3 Å². The van der Waals surface area contributed by atoms with E-state index < -0.39 is 49.4 Å². The molecule has 28 heavy (non-hydrogen) atoms. The third-order valence-electron chi connectivity index (χ3n) is 4.09. The third-order valence-corrected chi connectivity index (χ3v) is 4.09. The molecule has 1 aromatic carbocycles. The van der Waals surface area contributed by atoms with Gasteiger partial charge in [0.25, 0.3) is 0 Å². The molecule has 0 bridgehead atoms. The highest BCUT2D eigenvalue weighted by atomic mass is 16.7. The number of phenolic OH excluding ortho intramolecular Hbond substituents is 2. The number of esters is 1. The highest BCUT2D eigenvalue weighted by molar-refractivity contribution is 5.87. The maximum Gasteiger partial charge on any atom is 0.330 e. The van der Waals surface area contributed by atoms with Crippen LogP contribution in [0.1, 0.15) is 12.5 Å². The minimum absolute atomic E-state index is 0.295. The van der Waals surface area contributed by atoms with E-state index in [1.165, 1.54) is 31.2 Å². The lowest BCUT2D eigenvalue weighted by Gasteiger charge is -2.40. The van der Waals surface area contributed by atoms with E-state index in [4.69, 9.17) is 19.3 Å². The van der Waals surface area contributed by atoms with Crippen LogP contribution in [0.4, 0.5) is 0 Å². The van der Waals surface area contributed by atoms with Crippen molar-refractivity contribution in [2.24, 2.45) is 0 Å². The average Bonchev–Trinajstić information content (AvgIpc) is 2.68. The van der Waals surface area contributed by atoms with Crippen molar-refractivity contribution in [1.29, 1.82) is 0 Å². The van der Waals surface area contributed by atoms with Crippen molar-refractivity contribution in [2.75, 3.05) is 13.2 Å². The second-order valence-electron chi connectivity index (χ2n) is 6.36. The summed E-state index contributed by atoms with van der Waals surface area (Å²) >= 11 is 0. The first-order valence-electron chi connectivity index (χ1n) is 8.55. The summed E-state index contributed by atoms with van der Waals surface area (Å²) in [4.78, 5) is 11.8. The zero-order chi connectivity index (χ0) is 20.8. The third kappa shape index (κ3) is 5.64. The Morgan fingerprint density at radius 1 is 1.18 bits per heavy atom. The molecule has 0 amide bonds. The number of hydrogen-bond donors (Lipinski definition) is 6. The fourth-order valence-electron chi connectivity index (χ4n) is 2.46. The fourth-order valence-corrected chi connectivity index (χ4v) is 2.46. The van der Waals surface area contributed by atoms with Crippen LogP contribution in [-0.4, -0.2) is 86.6 Å². The van der Waals surface area contributed by atoms with Crippen LogP contribution in [0.15, 0.2) is 24.3 Å². The maximum absolute atomic E-state index is 11.8. The quantitative estimate of drug-likeness (QED) is 0.187. The van der Waals surface area contributed by atoms with Crippen LogP contribution in [0.2, 0.25) is 0 Å². The van der Waals surface area contributed by atoms with Gasteiger partial charge < -0.3 is 44.8 Å². The molecule has 156 valence electrons. The summed E-state index contributed by atoms with van der Waals surface area (Å²) in [5, 5.41) is 57.5. The average molecular weight is 400 g/mol. The molecule has 0 spiro atoms. The SMILES string of the molecule is C[C@H](CO)O[C@@H]1O[C@H](COC(=O)C=Cc2ccc(O)c(O)c2)[C@@H](O)[C@H](O)[C@H]1O. The van der Waals surface area contributed by atoms with Crippen LogP contribution in [0.3, 0.4) is 0 Å². The Hall–Kier alpha value is -2.21. The molecule has 10 heteroatoms. The topological polar surface area (TPSA) is 166 Å². The van der Waals surface area contributed by atoms with Crippen molar-refractivity contribution in [1.82, 2.24) is 0 Å². The molecule has 0 aliphatic carbocycles. The van der Waals surface area contributed by atoms with Crippen molar-refractivity contribution in [3.05, 3.63) is 29.8 Å². The van der Waals surface area contributed by atoms with Crippen molar-refractivity contribution >= 4 is 12.0 Å². The summed E-state index contributed by atoms with van der Waals surface area (Å²) < 4.78 is 15.6. The van der Waals surface area contributed by atoms with Gasteiger partial charge in [0.1, 0.15) is 31.0 Å². The molecular weight excluding hydrogens is 376 g/mol. The van der Waals surface area contributed by atoms with Gasteiger partial charge in [0.2, 0.25) is 0 Å². The number of rotatable bonds is 7. The van der Waals surface area contributed by atoms with Gasteiger partial charge in [-0.25, -0.2) is 4.79 Å². The molecule has 1 saturated heterocycles. The van der Waals surface area contributed by atoms with E-state index in [1.807, 2.05) is 0 Å². The van der Waals surface area contributed by atoms with Crippen molar-refractivity contribution in [3.63, 3.8) is 0 Å². The van der Waals surface area contributed by atoms with E-state index in [0.29, 0.717) is 5.56 Å². The van der Waals surface area contributed by atoms with Crippen LogP contribution in [0, 0.1) is 0 Å². The number of benzene rings is 1. The Kier molecular flexibility index (Phi) is 7.75. The molecule has 0 unspecified atom stereocenters. The Balaban J connectivity index is 1.92. The molecule has 1 aliphatic rings. The summed E-state index contributed by atoms with van der Waals surface area (Å²) in [6.07, 6.45) is -5.42. The van der Waals surface area contributed by atoms with E-state index in [0.717, 1.165) is 6.08 Å². The van der Waals surface area contributed by atoms with Crippen LogP contribution in [-0.2, 0) is 19.0 Å². The van der Waals surface area contributed by atoms with E-state index >= 15 is 0 Å². The van der Waals surface area contributed by atoms with E-state index in [2.05, 4.69) is 0 Å². The highest BCUT2D eigenvalue weighted by Crippen LogP contribution is 2.26. The Bertz CT molecular complexity index is 691. The van der Waals surface area contributed by atoms with Crippen LogP contribution >= 0.6 is 0 Å². The second-order valence-corrected chi connectivity index (χ2v) is 6.36. The standard InChI is InChI=1S/C18H24O10/c1-9(7-19)27-18-17(25)16(24)15(23)13(28-18)8-26-14(22)5-3-10-2-4-11(20)12(21)6-10/h2-6,9,13,15-21,23-25H,7-8H2,1H3/t9-,13-,15-,16+,17-,18-/m1/s1. The highest BCUT2D eigenvalue weighted by Gasteiger charge is 2.45. The molecule has 1 fully saturated rings. The largest absolute Gasteiger partial charge is 0.504 e.